The van der Waals surface area contributed by atoms with E-state index in [1.807, 2.05) is 0 Å². The lowest BCUT2D eigenvalue weighted by atomic mass is 9.94. The van der Waals surface area contributed by atoms with Crippen molar-refractivity contribution in [2.45, 2.75) is 65.2 Å². The topological polar surface area (TPSA) is 46.3 Å². The molecule has 0 aliphatic carbocycles. The first-order chi connectivity index (χ1) is 9.21. The maximum atomic E-state index is 12.2. The Morgan fingerprint density at radius 2 is 2.05 bits per heavy atom. The van der Waals surface area contributed by atoms with Gasteiger partial charge in [-0.3, -0.25) is 4.79 Å². The third-order valence-corrected chi connectivity index (χ3v) is 4.37. The number of amides is 1. The minimum Gasteiger partial charge on any atom is -0.342 e. The van der Waals surface area contributed by atoms with Crippen molar-refractivity contribution >= 4 is 5.91 Å². The molecule has 1 fully saturated rings. The predicted octanol–water partition coefficient (Wildman–Crippen LogP) is 3.18. The number of hydrogen-bond donors (Lipinski definition) is 1. The molecule has 1 amide bonds. The zero-order valence-corrected chi connectivity index (χ0v) is 12.9. The van der Waals surface area contributed by atoms with Gasteiger partial charge in [0.05, 0.1) is 0 Å². The highest BCUT2D eigenvalue weighted by Crippen LogP contribution is 2.23. The van der Waals surface area contributed by atoms with Gasteiger partial charge in [-0.05, 0) is 44.1 Å². The Balaban J connectivity index is 2.26. The van der Waals surface area contributed by atoms with Crippen LogP contribution in [0.25, 0.3) is 0 Å². The maximum Gasteiger partial charge on any atom is 0.222 e. The van der Waals surface area contributed by atoms with Crippen molar-refractivity contribution < 1.29 is 4.79 Å². The number of carbonyl (C=O) groups is 1. The van der Waals surface area contributed by atoms with E-state index in [1.54, 1.807) is 0 Å². The molecule has 2 N–H and O–H groups in total. The van der Waals surface area contributed by atoms with E-state index >= 15 is 0 Å². The van der Waals surface area contributed by atoms with E-state index in [9.17, 15) is 4.79 Å². The van der Waals surface area contributed by atoms with E-state index in [2.05, 4.69) is 18.7 Å². The monoisotopic (exact) mass is 268 g/mol. The van der Waals surface area contributed by atoms with Gasteiger partial charge >= 0.3 is 0 Å². The Morgan fingerprint density at radius 1 is 1.26 bits per heavy atom. The summed E-state index contributed by atoms with van der Waals surface area (Å²) in [5.74, 6) is 1.77. The predicted molar refractivity (Wildman–Crippen MR) is 80.9 cm³/mol. The molecule has 3 heteroatoms. The van der Waals surface area contributed by atoms with Gasteiger partial charge in [0.25, 0.3) is 0 Å². The highest BCUT2D eigenvalue weighted by atomic mass is 16.2. The van der Waals surface area contributed by atoms with E-state index < -0.39 is 0 Å². The van der Waals surface area contributed by atoms with Crippen LogP contribution < -0.4 is 5.73 Å². The summed E-state index contributed by atoms with van der Waals surface area (Å²) in [5, 5.41) is 0. The van der Waals surface area contributed by atoms with Crippen molar-refractivity contribution in [3.05, 3.63) is 0 Å². The van der Waals surface area contributed by atoms with Crippen LogP contribution in [0.1, 0.15) is 65.2 Å². The first-order valence-electron chi connectivity index (χ1n) is 8.19. The summed E-state index contributed by atoms with van der Waals surface area (Å²) in [6.45, 7) is 7.18. The van der Waals surface area contributed by atoms with Gasteiger partial charge in [0.1, 0.15) is 0 Å². The fourth-order valence-electron chi connectivity index (χ4n) is 3.27. The molecule has 19 heavy (non-hydrogen) atoms. The second-order valence-corrected chi connectivity index (χ2v) is 6.05. The van der Waals surface area contributed by atoms with Gasteiger partial charge in [-0.25, -0.2) is 0 Å². The standard InChI is InChI=1S/C16H32N2O/c1-3-5-14(9-11-17)7-8-16(19)18-12-10-15(13-18)6-4-2/h14-15H,3-13,17H2,1-2H3. The molecule has 0 saturated carbocycles. The van der Waals surface area contributed by atoms with Crippen LogP contribution in [0.5, 0.6) is 0 Å². The molecule has 1 aliphatic rings. The van der Waals surface area contributed by atoms with Crippen LogP contribution in [0.3, 0.4) is 0 Å². The van der Waals surface area contributed by atoms with Gasteiger partial charge in [0.2, 0.25) is 5.91 Å². The Kier molecular flexibility index (Phi) is 8.11. The summed E-state index contributed by atoms with van der Waals surface area (Å²) in [6, 6.07) is 0. The van der Waals surface area contributed by atoms with Gasteiger partial charge in [0.15, 0.2) is 0 Å². The molecular weight excluding hydrogens is 236 g/mol. The van der Waals surface area contributed by atoms with Gasteiger partial charge in [-0.1, -0.05) is 33.1 Å². The minimum atomic E-state index is 0.372. The van der Waals surface area contributed by atoms with Crippen LogP contribution in [0.4, 0.5) is 0 Å². The Labute approximate surface area is 118 Å². The molecule has 1 saturated heterocycles. The lowest BCUT2D eigenvalue weighted by Crippen LogP contribution is -2.29. The van der Waals surface area contributed by atoms with Crippen LogP contribution in [0, 0.1) is 11.8 Å². The molecule has 1 aliphatic heterocycles. The van der Waals surface area contributed by atoms with E-state index in [0.717, 1.165) is 44.8 Å². The smallest absolute Gasteiger partial charge is 0.222 e. The summed E-state index contributed by atoms with van der Waals surface area (Å²) in [6.07, 6.45) is 8.95. The molecule has 2 atom stereocenters. The third-order valence-electron chi connectivity index (χ3n) is 4.37. The summed E-state index contributed by atoms with van der Waals surface area (Å²) < 4.78 is 0. The zero-order valence-electron chi connectivity index (χ0n) is 12.9. The van der Waals surface area contributed by atoms with Gasteiger partial charge in [-0.2, -0.15) is 0 Å². The van der Waals surface area contributed by atoms with Gasteiger partial charge < -0.3 is 10.6 Å². The number of nitrogens with zero attached hydrogens (tertiary/aromatic N) is 1. The van der Waals surface area contributed by atoms with Crippen LogP contribution in [-0.2, 0) is 4.79 Å². The SMILES string of the molecule is CCCC(CCN)CCC(=O)N1CCC(CCC)C1. The first kappa shape index (κ1) is 16.5. The van der Waals surface area contributed by atoms with Crippen molar-refractivity contribution in [1.29, 1.82) is 0 Å². The number of rotatable bonds is 9. The summed E-state index contributed by atoms with van der Waals surface area (Å²) >= 11 is 0. The molecule has 2 unspecified atom stereocenters. The minimum absolute atomic E-state index is 0.372. The number of hydrogen-bond acceptors (Lipinski definition) is 2. The molecule has 0 bridgehead atoms. The summed E-state index contributed by atoms with van der Waals surface area (Å²) in [7, 11) is 0. The molecule has 0 spiro atoms. The maximum absolute atomic E-state index is 12.2. The first-order valence-corrected chi connectivity index (χ1v) is 8.19. The van der Waals surface area contributed by atoms with Crippen molar-refractivity contribution in [3.8, 4) is 0 Å². The van der Waals surface area contributed by atoms with Gasteiger partial charge in [0, 0.05) is 19.5 Å². The van der Waals surface area contributed by atoms with E-state index in [-0.39, 0.29) is 0 Å². The van der Waals surface area contributed by atoms with Crippen LogP contribution in [0.2, 0.25) is 0 Å². The summed E-state index contributed by atoms with van der Waals surface area (Å²) in [5.41, 5.74) is 5.64. The van der Waals surface area contributed by atoms with Gasteiger partial charge in [-0.15, -0.1) is 0 Å². The molecule has 1 heterocycles. The molecule has 0 aromatic rings. The number of carbonyl (C=O) groups excluding carboxylic acids is 1. The third kappa shape index (κ3) is 5.94. The Bertz CT molecular complexity index is 249. The molecule has 1 rings (SSSR count). The van der Waals surface area contributed by atoms with Crippen LogP contribution in [-0.4, -0.2) is 30.4 Å². The lowest BCUT2D eigenvalue weighted by molar-refractivity contribution is -0.130. The van der Waals surface area contributed by atoms with Crippen molar-refractivity contribution in [3.63, 3.8) is 0 Å². The fraction of sp³-hybridized carbons (Fsp3) is 0.938. The molecule has 0 aromatic heterocycles. The highest BCUT2D eigenvalue weighted by Gasteiger charge is 2.25. The highest BCUT2D eigenvalue weighted by molar-refractivity contribution is 5.76. The van der Waals surface area contributed by atoms with Crippen molar-refractivity contribution in [2.24, 2.45) is 17.6 Å². The van der Waals surface area contributed by atoms with Crippen molar-refractivity contribution in [1.82, 2.24) is 4.90 Å². The largest absolute Gasteiger partial charge is 0.342 e. The molecule has 3 nitrogen and oxygen atoms in total. The Hall–Kier alpha value is -0.570. The van der Waals surface area contributed by atoms with Crippen molar-refractivity contribution in [2.75, 3.05) is 19.6 Å². The average molecular weight is 268 g/mol. The number of nitrogens with two attached hydrogens (primary N) is 1. The normalized spacial score (nSPS) is 20.8. The molecular formula is C16H32N2O. The van der Waals surface area contributed by atoms with Crippen LogP contribution in [0.15, 0.2) is 0 Å². The summed E-state index contributed by atoms with van der Waals surface area (Å²) in [4.78, 5) is 14.3. The Morgan fingerprint density at radius 3 is 2.68 bits per heavy atom. The fourth-order valence-corrected chi connectivity index (χ4v) is 3.27. The van der Waals surface area contributed by atoms with E-state index in [4.69, 9.17) is 5.73 Å². The molecule has 112 valence electrons. The second-order valence-electron chi connectivity index (χ2n) is 6.05. The zero-order chi connectivity index (χ0) is 14.1. The lowest BCUT2D eigenvalue weighted by Gasteiger charge is -2.19. The van der Waals surface area contributed by atoms with E-state index in [0.29, 0.717) is 11.8 Å². The van der Waals surface area contributed by atoms with E-state index in [1.165, 1.54) is 32.1 Å². The average Bonchev–Trinajstić information content (AvgIpc) is 2.85. The molecule has 0 aromatic carbocycles. The van der Waals surface area contributed by atoms with Crippen LogP contribution >= 0.6 is 0 Å². The number of likely N-dealkylation sites (tertiary alicyclic amines) is 1. The quantitative estimate of drug-likeness (QED) is 0.698. The second kappa shape index (κ2) is 9.35. The molecule has 0 radical (unpaired) electrons.